The molecule has 0 amide bonds. The van der Waals surface area contributed by atoms with Gasteiger partial charge in [-0.25, -0.2) is 18.1 Å². The highest BCUT2D eigenvalue weighted by atomic mass is 32.2. The van der Waals surface area contributed by atoms with Gasteiger partial charge < -0.3 is 4.74 Å². The Kier molecular flexibility index (Phi) is 5.46. The van der Waals surface area contributed by atoms with Gasteiger partial charge in [-0.1, -0.05) is 12.8 Å². The van der Waals surface area contributed by atoms with Crippen molar-refractivity contribution in [2.75, 3.05) is 26.3 Å². The Morgan fingerprint density at radius 1 is 1.32 bits per heavy atom. The molecule has 6 nitrogen and oxygen atoms in total. The molecule has 0 spiro atoms. The summed E-state index contributed by atoms with van der Waals surface area (Å²) in [6.07, 6.45) is 3.62. The molecular formula is C14H23N3O3S2. The van der Waals surface area contributed by atoms with Gasteiger partial charge in [0, 0.05) is 25.0 Å². The van der Waals surface area contributed by atoms with Crippen LogP contribution in [0.25, 0.3) is 0 Å². The maximum Gasteiger partial charge on any atom is 0.214 e. The average molecular weight is 345 g/mol. The van der Waals surface area contributed by atoms with E-state index in [2.05, 4.69) is 14.6 Å². The number of sulfonamides is 1. The van der Waals surface area contributed by atoms with Gasteiger partial charge in [-0.15, -0.1) is 11.3 Å². The number of aromatic nitrogens is 1. The molecule has 1 saturated carbocycles. The van der Waals surface area contributed by atoms with Gasteiger partial charge in [0.25, 0.3) is 0 Å². The van der Waals surface area contributed by atoms with Crippen LogP contribution in [-0.4, -0.2) is 49.9 Å². The molecule has 0 unspecified atom stereocenters. The smallest absolute Gasteiger partial charge is 0.214 e. The summed E-state index contributed by atoms with van der Waals surface area (Å²) in [5.41, 5.74) is 1.02. The van der Waals surface area contributed by atoms with Gasteiger partial charge in [-0.05, 0) is 12.8 Å². The second kappa shape index (κ2) is 7.35. The summed E-state index contributed by atoms with van der Waals surface area (Å²) in [6, 6.07) is 0. The molecule has 1 saturated heterocycles. The Labute approximate surface area is 135 Å². The molecule has 124 valence electrons. The van der Waals surface area contributed by atoms with Crippen molar-refractivity contribution in [2.24, 2.45) is 0 Å². The van der Waals surface area contributed by atoms with E-state index in [-0.39, 0.29) is 5.25 Å². The molecule has 3 rings (SSSR count). The van der Waals surface area contributed by atoms with Crippen molar-refractivity contribution in [3.05, 3.63) is 16.1 Å². The fraction of sp³-hybridized carbons (Fsp3) is 0.786. The number of ether oxygens (including phenoxy) is 1. The summed E-state index contributed by atoms with van der Waals surface area (Å²) < 4.78 is 32.4. The SMILES string of the molecule is O=S(=O)(NCc1nc(CN2CCOCC2)cs1)C1CCCC1. The molecule has 8 heteroatoms. The predicted octanol–water partition coefficient (Wildman–Crippen LogP) is 1.34. The molecule has 0 radical (unpaired) electrons. The van der Waals surface area contributed by atoms with Crippen LogP contribution in [0.3, 0.4) is 0 Å². The van der Waals surface area contributed by atoms with Crippen LogP contribution in [-0.2, 0) is 27.8 Å². The lowest BCUT2D eigenvalue weighted by molar-refractivity contribution is 0.0337. The van der Waals surface area contributed by atoms with Gasteiger partial charge in [0.05, 0.1) is 30.7 Å². The van der Waals surface area contributed by atoms with E-state index in [4.69, 9.17) is 4.74 Å². The summed E-state index contributed by atoms with van der Waals surface area (Å²) >= 11 is 1.53. The van der Waals surface area contributed by atoms with Crippen LogP contribution in [0.5, 0.6) is 0 Å². The molecule has 1 aliphatic heterocycles. The number of hydrogen-bond acceptors (Lipinski definition) is 6. The lowest BCUT2D eigenvalue weighted by Crippen LogP contribution is -2.35. The number of morpholine rings is 1. The summed E-state index contributed by atoms with van der Waals surface area (Å²) in [5.74, 6) is 0. The third kappa shape index (κ3) is 4.26. The van der Waals surface area contributed by atoms with E-state index in [1.165, 1.54) is 11.3 Å². The Hall–Kier alpha value is -0.540. The van der Waals surface area contributed by atoms with E-state index >= 15 is 0 Å². The van der Waals surface area contributed by atoms with E-state index in [0.29, 0.717) is 6.54 Å². The Bertz CT molecular complexity index is 576. The van der Waals surface area contributed by atoms with E-state index in [0.717, 1.165) is 69.2 Å². The molecular weight excluding hydrogens is 322 g/mol. The summed E-state index contributed by atoms with van der Waals surface area (Å²) in [7, 11) is -3.19. The van der Waals surface area contributed by atoms with Crippen LogP contribution in [0.4, 0.5) is 0 Å². The first kappa shape index (κ1) is 16.3. The average Bonchev–Trinajstić information content (AvgIpc) is 3.18. The maximum absolute atomic E-state index is 12.2. The van der Waals surface area contributed by atoms with Gasteiger partial charge >= 0.3 is 0 Å². The van der Waals surface area contributed by atoms with Crippen LogP contribution in [0.1, 0.15) is 36.4 Å². The number of thiazole rings is 1. The molecule has 1 N–H and O–H groups in total. The van der Waals surface area contributed by atoms with Gasteiger partial charge in [-0.3, -0.25) is 4.90 Å². The fourth-order valence-electron chi connectivity index (χ4n) is 2.97. The number of nitrogens with one attached hydrogen (secondary N) is 1. The lowest BCUT2D eigenvalue weighted by Gasteiger charge is -2.25. The van der Waals surface area contributed by atoms with Crippen molar-refractivity contribution in [3.8, 4) is 0 Å². The quantitative estimate of drug-likeness (QED) is 0.842. The van der Waals surface area contributed by atoms with E-state index in [1.54, 1.807) is 0 Å². The molecule has 1 aliphatic carbocycles. The normalized spacial score (nSPS) is 21.5. The second-order valence-corrected chi connectivity index (χ2v) is 8.88. The third-order valence-electron chi connectivity index (χ3n) is 4.25. The molecule has 0 bridgehead atoms. The van der Waals surface area contributed by atoms with E-state index in [9.17, 15) is 8.42 Å². The molecule has 1 aromatic rings. The summed E-state index contributed by atoms with van der Waals surface area (Å²) in [5, 5.41) is 2.65. The van der Waals surface area contributed by atoms with Crippen LogP contribution in [0, 0.1) is 0 Å². The minimum Gasteiger partial charge on any atom is -0.379 e. The maximum atomic E-state index is 12.2. The zero-order valence-electron chi connectivity index (χ0n) is 12.7. The second-order valence-electron chi connectivity index (χ2n) is 5.89. The van der Waals surface area contributed by atoms with Crippen LogP contribution >= 0.6 is 11.3 Å². The predicted molar refractivity (Wildman–Crippen MR) is 86.2 cm³/mol. The van der Waals surface area contributed by atoms with Gasteiger partial charge in [0.2, 0.25) is 10.0 Å². The fourth-order valence-corrected chi connectivity index (χ4v) is 5.31. The van der Waals surface area contributed by atoms with Crippen LogP contribution in [0.15, 0.2) is 5.38 Å². The number of nitrogens with zero attached hydrogens (tertiary/aromatic N) is 2. The lowest BCUT2D eigenvalue weighted by atomic mass is 10.3. The number of rotatable bonds is 6. The highest BCUT2D eigenvalue weighted by molar-refractivity contribution is 7.90. The first-order chi connectivity index (χ1) is 10.6. The van der Waals surface area contributed by atoms with Crippen LogP contribution < -0.4 is 4.72 Å². The highest BCUT2D eigenvalue weighted by Crippen LogP contribution is 2.24. The minimum atomic E-state index is -3.19. The minimum absolute atomic E-state index is 0.208. The zero-order chi connectivity index (χ0) is 15.4. The molecule has 2 heterocycles. The van der Waals surface area contributed by atoms with Gasteiger partial charge in [0.15, 0.2) is 0 Å². The molecule has 2 aliphatic rings. The Balaban J connectivity index is 1.50. The molecule has 1 aromatic heterocycles. The van der Waals surface area contributed by atoms with Crippen molar-refractivity contribution in [2.45, 2.75) is 44.0 Å². The largest absolute Gasteiger partial charge is 0.379 e. The summed E-state index contributed by atoms with van der Waals surface area (Å²) in [6.45, 7) is 4.54. The van der Waals surface area contributed by atoms with Gasteiger partial charge in [0.1, 0.15) is 5.01 Å². The molecule has 0 aromatic carbocycles. The molecule has 2 fully saturated rings. The monoisotopic (exact) mass is 345 g/mol. The van der Waals surface area contributed by atoms with Crippen molar-refractivity contribution in [1.29, 1.82) is 0 Å². The van der Waals surface area contributed by atoms with Crippen molar-refractivity contribution in [1.82, 2.24) is 14.6 Å². The van der Waals surface area contributed by atoms with Crippen molar-refractivity contribution in [3.63, 3.8) is 0 Å². The van der Waals surface area contributed by atoms with Gasteiger partial charge in [-0.2, -0.15) is 0 Å². The standard InChI is InChI=1S/C14H23N3O3S2/c18-22(19,13-3-1-2-4-13)15-9-14-16-12(11-21-14)10-17-5-7-20-8-6-17/h11,13,15H,1-10H2. The highest BCUT2D eigenvalue weighted by Gasteiger charge is 2.28. The van der Waals surface area contributed by atoms with Crippen molar-refractivity contribution < 1.29 is 13.2 Å². The van der Waals surface area contributed by atoms with E-state index in [1.807, 2.05) is 5.38 Å². The topological polar surface area (TPSA) is 71.5 Å². The van der Waals surface area contributed by atoms with Crippen LogP contribution in [0.2, 0.25) is 0 Å². The zero-order valence-corrected chi connectivity index (χ0v) is 14.3. The number of hydrogen-bond donors (Lipinski definition) is 1. The molecule has 22 heavy (non-hydrogen) atoms. The van der Waals surface area contributed by atoms with Crippen molar-refractivity contribution >= 4 is 21.4 Å². The first-order valence-electron chi connectivity index (χ1n) is 7.85. The Morgan fingerprint density at radius 3 is 2.77 bits per heavy atom. The first-order valence-corrected chi connectivity index (χ1v) is 10.3. The Morgan fingerprint density at radius 2 is 2.05 bits per heavy atom. The summed E-state index contributed by atoms with van der Waals surface area (Å²) in [4.78, 5) is 6.85. The third-order valence-corrected chi connectivity index (χ3v) is 7.05. The molecule has 0 atom stereocenters. The van der Waals surface area contributed by atoms with E-state index < -0.39 is 10.0 Å².